The van der Waals surface area contributed by atoms with Crippen LogP contribution in [0.4, 0.5) is 11.4 Å². The van der Waals surface area contributed by atoms with E-state index < -0.39 is 0 Å². The number of carbonyl (C=O) groups is 1. The topological polar surface area (TPSA) is 58.4 Å². The third-order valence-corrected chi connectivity index (χ3v) is 3.69. The van der Waals surface area contributed by atoms with E-state index in [1.165, 1.54) is 6.42 Å². The molecule has 1 saturated heterocycles. The molecule has 0 aromatic heterocycles. The minimum absolute atomic E-state index is 0.249. The molecule has 4 nitrogen and oxygen atoms in total. The van der Waals surface area contributed by atoms with Gasteiger partial charge in [-0.05, 0) is 37.8 Å². The molecule has 0 unspecified atom stereocenters. The second kappa shape index (κ2) is 6.45. The van der Waals surface area contributed by atoms with Crippen LogP contribution in [0.5, 0.6) is 0 Å². The van der Waals surface area contributed by atoms with Crippen molar-refractivity contribution in [2.45, 2.75) is 32.6 Å². The second-order valence-corrected chi connectivity index (χ2v) is 5.15. The van der Waals surface area contributed by atoms with Crippen LogP contribution in [-0.2, 0) is 4.79 Å². The van der Waals surface area contributed by atoms with E-state index in [1.807, 2.05) is 30.0 Å². The minimum Gasteiger partial charge on any atom is -0.397 e. The largest absolute Gasteiger partial charge is 0.397 e. The summed E-state index contributed by atoms with van der Waals surface area (Å²) >= 11 is 0. The normalized spacial score (nSPS) is 15.3. The molecule has 1 aliphatic rings. The van der Waals surface area contributed by atoms with E-state index in [0.29, 0.717) is 13.0 Å². The summed E-state index contributed by atoms with van der Waals surface area (Å²) in [7, 11) is 0. The Balaban J connectivity index is 1.79. The minimum atomic E-state index is 0.249. The second-order valence-electron chi connectivity index (χ2n) is 5.15. The summed E-state index contributed by atoms with van der Waals surface area (Å²) in [5.74, 6) is 0.249. The van der Waals surface area contributed by atoms with Gasteiger partial charge in [-0.15, -0.1) is 0 Å². The molecule has 104 valence electrons. The van der Waals surface area contributed by atoms with Crippen molar-refractivity contribution >= 4 is 17.3 Å². The van der Waals surface area contributed by atoms with Crippen LogP contribution in [0.3, 0.4) is 0 Å². The number of amides is 1. The highest BCUT2D eigenvalue weighted by molar-refractivity contribution is 5.77. The summed E-state index contributed by atoms with van der Waals surface area (Å²) < 4.78 is 0. The average Bonchev–Trinajstić information content (AvgIpc) is 2.44. The summed E-state index contributed by atoms with van der Waals surface area (Å²) in [6.07, 6.45) is 4.07. The van der Waals surface area contributed by atoms with Crippen molar-refractivity contribution in [3.63, 3.8) is 0 Å². The molecule has 1 amide bonds. The number of nitrogens with zero attached hydrogens (tertiary/aromatic N) is 1. The molecule has 3 N–H and O–H groups in total. The molecule has 0 saturated carbocycles. The number of nitrogens with one attached hydrogen (secondary N) is 1. The molecular weight excluding hydrogens is 238 g/mol. The number of nitrogen functional groups attached to an aromatic ring is 1. The van der Waals surface area contributed by atoms with E-state index in [-0.39, 0.29) is 5.91 Å². The van der Waals surface area contributed by atoms with Gasteiger partial charge in [-0.2, -0.15) is 0 Å². The van der Waals surface area contributed by atoms with Gasteiger partial charge in [0.25, 0.3) is 0 Å². The summed E-state index contributed by atoms with van der Waals surface area (Å²) in [4.78, 5) is 14.0. The Hall–Kier alpha value is -1.71. The first-order valence-corrected chi connectivity index (χ1v) is 7.05. The third kappa shape index (κ3) is 3.63. The molecule has 0 atom stereocenters. The SMILES string of the molecule is Cc1cccc(NCCC(=O)N2CCCCC2)c1N. The summed E-state index contributed by atoms with van der Waals surface area (Å²) in [5.41, 5.74) is 8.74. The fraction of sp³-hybridized carbons (Fsp3) is 0.533. The van der Waals surface area contributed by atoms with Crippen LogP contribution in [0.25, 0.3) is 0 Å². The zero-order chi connectivity index (χ0) is 13.7. The van der Waals surface area contributed by atoms with Crippen molar-refractivity contribution in [1.82, 2.24) is 4.90 Å². The molecule has 0 radical (unpaired) electrons. The molecule has 1 aromatic rings. The number of benzene rings is 1. The van der Waals surface area contributed by atoms with Gasteiger partial charge in [0.15, 0.2) is 0 Å². The summed E-state index contributed by atoms with van der Waals surface area (Å²) in [6, 6.07) is 5.91. The van der Waals surface area contributed by atoms with Crippen molar-refractivity contribution < 1.29 is 4.79 Å². The fourth-order valence-electron chi connectivity index (χ4n) is 2.44. The number of likely N-dealkylation sites (tertiary alicyclic amines) is 1. The van der Waals surface area contributed by atoms with E-state index >= 15 is 0 Å². The molecule has 19 heavy (non-hydrogen) atoms. The van der Waals surface area contributed by atoms with Gasteiger partial charge in [0.05, 0.1) is 11.4 Å². The van der Waals surface area contributed by atoms with Crippen LogP contribution in [-0.4, -0.2) is 30.4 Å². The van der Waals surface area contributed by atoms with E-state index in [0.717, 1.165) is 42.9 Å². The zero-order valence-electron chi connectivity index (χ0n) is 11.6. The van der Waals surface area contributed by atoms with E-state index in [4.69, 9.17) is 5.73 Å². The smallest absolute Gasteiger partial charge is 0.224 e. The molecular formula is C15H23N3O. The van der Waals surface area contributed by atoms with Gasteiger partial charge >= 0.3 is 0 Å². The van der Waals surface area contributed by atoms with Crippen LogP contribution in [0, 0.1) is 6.92 Å². The Morgan fingerprint density at radius 1 is 1.32 bits per heavy atom. The Bertz CT molecular complexity index is 439. The highest BCUT2D eigenvalue weighted by Gasteiger charge is 2.15. The Labute approximate surface area is 115 Å². The molecule has 2 rings (SSSR count). The van der Waals surface area contributed by atoms with Gasteiger partial charge in [0.1, 0.15) is 0 Å². The van der Waals surface area contributed by atoms with Crippen molar-refractivity contribution in [2.75, 3.05) is 30.7 Å². The van der Waals surface area contributed by atoms with Crippen LogP contribution >= 0.6 is 0 Å². The Kier molecular flexibility index (Phi) is 4.66. The lowest BCUT2D eigenvalue weighted by atomic mass is 10.1. The fourth-order valence-corrected chi connectivity index (χ4v) is 2.44. The zero-order valence-corrected chi connectivity index (χ0v) is 11.6. The van der Waals surface area contributed by atoms with Gasteiger partial charge in [-0.3, -0.25) is 4.79 Å². The van der Waals surface area contributed by atoms with Gasteiger partial charge in [0.2, 0.25) is 5.91 Å². The molecule has 0 spiro atoms. The number of hydrogen-bond donors (Lipinski definition) is 2. The molecule has 4 heteroatoms. The predicted molar refractivity (Wildman–Crippen MR) is 79.1 cm³/mol. The first-order chi connectivity index (χ1) is 9.18. The van der Waals surface area contributed by atoms with Crippen molar-refractivity contribution in [3.8, 4) is 0 Å². The number of rotatable bonds is 4. The van der Waals surface area contributed by atoms with Crippen LogP contribution in [0.15, 0.2) is 18.2 Å². The maximum atomic E-state index is 12.0. The summed E-state index contributed by atoms with van der Waals surface area (Å²) in [5, 5.41) is 3.25. The van der Waals surface area contributed by atoms with Crippen molar-refractivity contribution in [3.05, 3.63) is 23.8 Å². The highest BCUT2D eigenvalue weighted by Crippen LogP contribution is 2.21. The first kappa shape index (κ1) is 13.7. The standard InChI is InChI=1S/C15H23N3O/c1-12-6-5-7-13(15(12)16)17-9-8-14(19)18-10-3-2-4-11-18/h5-7,17H,2-4,8-11,16H2,1H3. The maximum Gasteiger partial charge on any atom is 0.224 e. The third-order valence-electron chi connectivity index (χ3n) is 3.69. The van der Waals surface area contributed by atoms with Gasteiger partial charge in [-0.1, -0.05) is 12.1 Å². The number of aryl methyl sites for hydroxylation is 1. The van der Waals surface area contributed by atoms with E-state index in [1.54, 1.807) is 0 Å². The molecule has 1 aromatic carbocycles. The average molecular weight is 261 g/mol. The predicted octanol–water partition coefficient (Wildman–Crippen LogP) is 2.39. The number of piperidine rings is 1. The van der Waals surface area contributed by atoms with Crippen LogP contribution in [0.1, 0.15) is 31.2 Å². The lowest BCUT2D eigenvalue weighted by molar-refractivity contribution is -0.131. The van der Waals surface area contributed by atoms with E-state index in [9.17, 15) is 4.79 Å². The number of hydrogen-bond acceptors (Lipinski definition) is 3. The van der Waals surface area contributed by atoms with Crippen LogP contribution in [0.2, 0.25) is 0 Å². The quantitative estimate of drug-likeness (QED) is 0.818. The van der Waals surface area contributed by atoms with Gasteiger partial charge in [-0.25, -0.2) is 0 Å². The molecule has 0 bridgehead atoms. The van der Waals surface area contributed by atoms with Gasteiger partial charge in [0, 0.05) is 26.1 Å². The Morgan fingerprint density at radius 2 is 2.05 bits per heavy atom. The number of nitrogens with two attached hydrogens (primary N) is 1. The first-order valence-electron chi connectivity index (χ1n) is 7.05. The highest BCUT2D eigenvalue weighted by atomic mass is 16.2. The molecule has 1 aliphatic heterocycles. The lowest BCUT2D eigenvalue weighted by Crippen LogP contribution is -2.36. The molecule has 1 heterocycles. The molecule has 1 fully saturated rings. The lowest BCUT2D eigenvalue weighted by Gasteiger charge is -2.26. The Morgan fingerprint density at radius 3 is 2.79 bits per heavy atom. The van der Waals surface area contributed by atoms with Gasteiger partial charge < -0.3 is 16.0 Å². The number of para-hydroxylation sites is 1. The van der Waals surface area contributed by atoms with E-state index in [2.05, 4.69) is 5.32 Å². The summed E-state index contributed by atoms with van der Waals surface area (Å²) in [6.45, 7) is 4.47. The van der Waals surface area contributed by atoms with Crippen molar-refractivity contribution in [2.24, 2.45) is 0 Å². The van der Waals surface area contributed by atoms with Crippen molar-refractivity contribution in [1.29, 1.82) is 0 Å². The molecule has 0 aliphatic carbocycles. The maximum absolute atomic E-state index is 12.0. The monoisotopic (exact) mass is 261 g/mol. The number of anilines is 2. The van der Waals surface area contributed by atoms with Crippen LogP contribution < -0.4 is 11.1 Å². The number of carbonyl (C=O) groups excluding carboxylic acids is 1.